The standard InChI is InChI=1S/C20H25N5O2/c1-16-6-3-4-7-18(16)14-25(17(2)26)15-19(27)23-10-12-24(13-11-23)20-21-8-5-9-22-20/h3-9H,10-15H2,1-2H3. The molecule has 0 spiro atoms. The first kappa shape index (κ1) is 18.8. The molecule has 7 nitrogen and oxygen atoms in total. The van der Waals surface area contributed by atoms with Gasteiger partial charge in [0.15, 0.2) is 0 Å². The van der Waals surface area contributed by atoms with E-state index in [-0.39, 0.29) is 18.4 Å². The largest absolute Gasteiger partial charge is 0.338 e. The first-order valence-corrected chi connectivity index (χ1v) is 9.14. The molecular weight excluding hydrogens is 342 g/mol. The molecule has 1 aromatic carbocycles. The van der Waals surface area contributed by atoms with E-state index in [1.165, 1.54) is 6.92 Å². The lowest BCUT2D eigenvalue weighted by molar-refractivity contribution is -0.140. The van der Waals surface area contributed by atoms with Crippen LogP contribution in [0.1, 0.15) is 18.1 Å². The summed E-state index contributed by atoms with van der Waals surface area (Å²) in [5.41, 5.74) is 2.18. The van der Waals surface area contributed by atoms with Crippen LogP contribution < -0.4 is 4.90 Å². The van der Waals surface area contributed by atoms with Crippen LogP contribution in [0.3, 0.4) is 0 Å². The lowest BCUT2D eigenvalue weighted by atomic mass is 10.1. The van der Waals surface area contributed by atoms with Gasteiger partial charge in [-0.2, -0.15) is 0 Å². The minimum Gasteiger partial charge on any atom is -0.338 e. The summed E-state index contributed by atoms with van der Waals surface area (Å²) in [5.74, 6) is 0.574. The van der Waals surface area contributed by atoms with Crippen LogP contribution in [-0.4, -0.2) is 64.3 Å². The highest BCUT2D eigenvalue weighted by atomic mass is 16.2. The van der Waals surface area contributed by atoms with E-state index in [2.05, 4.69) is 14.9 Å². The third-order valence-corrected chi connectivity index (χ3v) is 4.86. The number of hydrogen-bond donors (Lipinski definition) is 0. The van der Waals surface area contributed by atoms with Gasteiger partial charge in [-0.1, -0.05) is 24.3 Å². The third kappa shape index (κ3) is 4.81. The van der Waals surface area contributed by atoms with Gasteiger partial charge in [-0.05, 0) is 24.1 Å². The molecule has 0 saturated carbocycles. The molecule has 0 bridgehead atoms. The van der Waals surface area contributed by atoms with Crippen LogP contribution in [0.2, 0.25) is 0 Å². The molecule has 2 amide bonds. The normalized spacial score (nSPS) is 14.1. The summed E-state index contributed by atoms with van der Waals surface area (Å²) in [4.78, 5) is 38.8. The van der Waals surface area contributed by atoms with Gasteiger partial charge in [-0.15, -0.1) is 0 Å². The lowest BCUT2D eigenvalue weighted by Crippen LogP contribution is -2.52. The third-order valence-electron chi connectivity index (χ3n) is 4.86. The minimum atomic E-state index is -0.0945. The van der Waals surface area contributed by atoms with Crippen molar-refractivity contribution < 1.29 is 9.59 Å². The van der Waals surface area contributed by atoms with Crippen LogP contribution >= 0.6 is 0 Å². The van der Waals surface area contributed by atoms with Crippen molar-refractivity contribution in [2.45, 2.75) is 20.4 Å². The predicted octanol–water partition coefficient (Wildman–Crippen LogP) is 1.48. The maximum atomic E-state index is 12.7. The summed E-state index contributed by atoms with van der Waals surface area (Å²) in [5, 5.41) is 0. The minimum absolute atomic E-state index is 0.0209. The fourth-order valence-corrected chi connectivity index (χ4v) is 3.15. The van der Waals surface area contributed by atoms with E-state index >= 15 is 0 Å². The Bertz CT molecular complexity index is 788. The molecule has 2 heterocycles. The van der Waals surface area contributed by atoms with Crippen molar-refractivity contribution in [2.75, 3.05) is 37.6 Å². The van der Waals surface area contributed by atoms with Gasteiger partial charge in [-0.25, -0.2) is 9.97 Å². The summed E-state index contributed by atoms with van der Waals surface area (Å²) in [6.07, 6.45) is 3.44. The van der Waals surface area contributed by atoms with E-state index in [0.717, 1.165) is 11.1 Å². The molecule has 0 unspecified atom stereocenters. The summed E-state index contributed by atoms with van der Waals surface area (Å²) in [6.45, 7) is 6.66. The van der Waals surface area contributed by atoms with Crippen LogP contribution in [-0.2, 0) is 16.1 Å². The van der Waals surface area contributed by atoms with E-state index < -0.39 is 0 Å². The lowest BCUT2D eigenvalue weighted by Gasteiger charge is -2.35. The van der Waals surface area contributed by atoms with E-state index in [1.807, 2.05) is 36.1 Å². The number of carbonyl (C=O) groups excluding carboxylic acids is 2. The highest BCUT2D eigenvalue weighted by Crippen LogP contribution is 2.13. The molecule has 1 aliphatic rings. The Morgan fingerprint density at radius 2 is 1.70 bits per heavy atom. The van der Waals surface area contributed by atoms with Crippen LogP contribution in [0.15, 0.2) is 42.7 Å². The monoisotopic (exact) mass is 367 g/mol. The fraction of sp³-hybridized carbons (Fsp3) is 0.400. The van der Waals surface area contributed by atoms with Crippen LogP contribution in [0, 0.1) is 6.92 Å². The summed E-state index contributed by atoms with van der Waals surface area (Å²) >= 11 is 0. The molecule has 0 aliphatic carbocycles. The number of benzene rings is 1. The van der Waals surface area contributed by atoms with Crippen LogP contribution in [0.4, 0.5) is 5.95 Å². The molecule has 142 valence electrons. The van der Waals surface area contributed by atoms with Gasteiger partial charge < -0.3 is 14.7 Å². The van der Waals surface area contributed by atoms with Gasteiger partial charge >= 0.3 is 0 Å². The van der Waals surface area contributed by atoms with E-state index in [4.69, 9.17) is 0 Å². The molecule has 3 rings (SSSR count). The molecule has 0 atom stereocenters. The van der Waals surface area contributed by atoms with Crippen molar-refractivity contribution in [2.24, 2.45) is 0 Å². The maximum Gasteiger partial charge on any atom is 0.242 e. The Balaban J connectivity index is 1.57. The molecular formula is C20H25N5O2. The number of rotatable bonds is 5. The molecule has 0 N–H and O–H groups in total. The van der Waals surface area contributed by atoms with Gasteiger partial charge in [0.1, 0.15) is 6.54 Å². The number of aromatic nitrogens is 2. The molecule has 1 aromatic heterocycles. The van der Waals surface area contributed by atoms with Crippen LogP contribution in [0.5, 0.6) is 0 Å². The van der Waals surface area contributed by atoms with Gasteiger partial charge in [-0.3, -0.25) is 9.59 Å². The Morgan fingerprint density at radius 1 is 1.04 bits per heavy atom. The second kappa shape index (κ2) is 8.62. The van der Waals surface area contributed by atoms with Crippen molar-refractivity contribution in [3.8, 4) is 0 Å². The number of anilines is 1. The Morgan fingerprint density at radius 3 is 2.33 bits per heavy atom. The molecule has 7 heteroatoms. The van der Waals surface area contributed by atoms with Gasteiger partial charge in [0.2, 0.25) is 17.8 Å². The van der Waals surface area contributed by atoms with Gasteiger partial charge in [0.05, 0.1) is 0 Å². The van der Waals surface area contributed by atoms with Crippen molar-refractivity contribution >= 4 is 17.8 Å². The number of carbonyl (C=O) groups is 2. The molecule has 1 saturated heterocycles. The molecule has 0 radical (unpaired) electrons. The van der Waals surface area contributed by atoms with E-state index in [0.29, 0.717) is 38.7 Å². The van der Waals surface area contributed by atoms with E-state index in [1.54, 1.807) is 23.4 Å². The maximum absolute atomic E-state index is 12.7. The van der Waals surface area contributed by atoms with Crippen molar-refractivity contribution in [3.63, 3.8) is 0 Å². The highest BCUT2D eigenvalue weighted by molar-refractivity contribution is 5.84. The zero-order chi connectivity index (χ0) is 19.2. The van der Waals surface area contributed by atoms with Gasteiger partial charge in [0.25, 0.3) is 0 Å². The molecule has 27 heavy (non-hydrogen) atoms. The second-order valence-corrected chi connectivity index (χ2v) is 6.72. The summed E-state index contributed by atoms with van der Waals surface area (Å²) in [7, 11) is 0. The number of piperazine rings is 1. The van der Waals surface area contributed by atoms with E-state index in [9.17, 15) is 9.59 Å². The number of amides is 2. The van der Waals surface area contributed by atoms with Crippen molar-refractivity contribution in [1.82, 2.24) is 19.8 Å². The molecule has 1 aliphatic heterocycles. The number of aryl methyl sites for hydroxylation is 1. The quantitative estimate of drug-likeness (QED) is 0.801. The zero-order valence-corrected chi connectivity index (χ0v) is 15.8. The predicted molar refractivity (Wildman–Crippen MR) is 103 cm³/mol. The highest BCUT2D eigenvalue weighted by Gasteiger charge is 2.24. The molecule has 2 aromatic rings. The Labute approximate surface area is 159 Å². The topological polar surface area (TPSA) is 69.6 Å². The number of nitrogens with zero attached hydrogens (tertiary/aromatic N) is 5. The average molecular weight is 367 g/mol. The average Bonchev–Trinajstić information content (AvgIpc) is 2.69. The first-order chi connectivity index (χ1) is 13.0. The van der Waals surface area contributed by atoms with Gasteiger partial charge in [0, 0.05) is 52.0 Å². The second-order valence-electron chi connectivity index (χ2n) is 6.72. The number of hydrogen-bond acceptors (Lipinski definition) is 5. The Hall–Kier alpha value is -2.96. The summed E-state index contributed by atoms with van der Waals surface area (Å²) in [6, 6.07) is 9.72. The summed E-state index contributed by atoms with van der Waals surface area (Å²) < 4.78 is 0. The van der Waals surface area contributed by atoms with Crippen molar-refractivity contribution in [3.05, 3.63) is 53.9 Å². The smallest absolute Gasteiger partial charge is 0.242 e. The van der Waals surface area contributed by atoms with Crippen molar-refractivity contribution in [1.29, 1.82) is 0 Å². The Kier molecular flexibility index (Phi) is 6.01. The first-order valence-electron chi connectivity index (χ1n) is 9.14. The SMILES string of the molecule is CC(=O)N(CC(=O)N1CCN(c2ncccn2)CC1)Cc1ccccc1C. The molecule has 1 fully saturated rings. The fourth-order valence-electron chi connectivity index (χ4n) is 3.15. The zero-order valence-electron chi connectivity index (χ0n) is 15.8. The van der Waals surface area contributed by atoms with Crippen LogP contribution in [0.25, 0.3) is 0 Å².